The van der Waals surface area contributed by atoms with E-state index in [1.807, 2.05) is 0 Å². The Hall–Kier alpha value is 1.25. The van der Waals surface area contributed by atoms with Crippen molar-refractivity contribution in [3.63, 3.8) is 0 Å². The smallest absolute Gasteiger partial charge is 0.0511 e. The summed E-state index contributed by atoms with van der Waals surface area (Å²) in [5.74, 6) is 1.66. The van der Waals surface area contributed by atoms with Gasteiger partial charge in [-0.25, -0.2) is 0 Å². The Bertz CT molecular complexity index is 68.1. The van der Waals surface area contributed by atoms with Crippen LogP contribution in [-0.4, -0.2) is 9.65 Å². The molecule has 0 aliphatic heterocycles. The molecule has 55 valence electrons. The summed E-state index contributed by atoms with van der Waals surface area (Å²) in [4.78, 5) is 1.01. The van der Waals surface area contributed by atoms with Crippen LogP contribution in [0.1, 0.15) is 19.8 Å². The van der Waals surface area contributed by atoms with Gasteiger partial charge in [0.25, 0.3) is 0 Å². The molecule has 0 aromatic heterocycles. The molecule has 0 aromatic carbocycles. The van der Waals surface area contributed by atoms with Crippen LogP contribution in [0.5, 0.6) is 0 Å². The van der Waals surface area contributed by atoms with Gasteiger partial charge in [-0.15, -0.1) is 11.6 Å². The first-order valence-corrected chi connectivity index (χ1v) is 5.19. The van der Waals surface area contributed by atoms with Crippen molar-refractivity contribution in [3.05, 3.63) is 5.88 Å². The summed E-state index contributed by atoms with van der Waals surface area (Å²) in [6.07, 6.45) is 2.03. The van der Waals surface area contributed by atoms with Crippen molar-refractivity contribution in [2.24, 2.45) is 0 Å². The fourth-order valence-corrected chi connectivity index (χ4v) is 1.67. The van der Waals surface area contributed by atoms with Crippen LogP contribution in [0.2, 0.25) is 0 Å². The summed E-state index contributed by atoms with van der Waals surface area (Å²) in [7, 11) is 0. The highest BCUT2D eigenvalue weighted by Crippen LogP contribution is 2.21. The summed E-state index contributed by atoms with van der Waals surface area (Å²) in [5, 5.41) is 0. The molecular weight excluding hydrogens is 267 g/mol. The number of hydrogen-bond donors (Lipinski definition) is 0. The lowest BCUT2D eigenvalue weighted by Crippen LogP contribution is -2.11. The molecule has 2 unspecified atom stereocenters. The Labute approximate surface area is 78.6 Å². The van der Waals surface area contributed by atoms with Gasteiger partial charge >= 0.3 is 0 Å². The third-order valence-corrected chi connectivity index (χ3v) is 4.28. The Kier molecular flexibility index (Phi) is 6.82. The van der Waals surface area contributed by atoms with E-state index < -0.39 is 0 Å². The van der Waals surface area contributed by atoms with Crippen LogP contribution in [0.25, 0.3) is 0 Å². The lowest BCUT2D eigenvalue weighted by Gasteiger charge is -2.11. The second-order valence-electron chi connectivity index (χ2n) is 1.83. The monoisotopic (exact) mass is 275 g/mol. The van der Waals surface area contributed by atoms with Crippen molar-refractivity contribution in [2.75, 3.05) is 0 Å². The summed E-state index contributed by atoms with van der Waals surface area (Å²) < 4.78 is 0. The van der Waals surface area contributed by atoms with Gasteiger partial charge in [-0.3, -0.25) is 0 Å². The molecule has 0 aromatic rings. The van der Waals surface area contributed by atoms with E-state index in [9.17, 15) is 0 Å². The maximum Gasteiger partial charge on any atom is 0.0511 e. The van der Waals surface area contributed by atoms with Crippen molar-refractivity contribution >= 4 is 43.5 Å². The molecule has 0 N–H and O–H groups in total. The topological polar surface area (TPSA) is 0 Å². The first-order valence-electron chi connectivity index (χ1n) is 2.92. The van der Waals surface area contributed by atoms with Gasteiger partial charge in [-0.1, -0.05) is 38.8 Å². The predicted molar refractivity (Wildman–Crippen MR) is 50.5 cm³/mol. The first kappa shape index (κ1) is 10.2. The lowest BCUT2D eigenvalue weighted by molar-refractivity contribution is 0.781. The van der Waals surface area contributed by atoms with E-state index in [1.54, 1.807) is 5.88 Å². The highest BCUT2D eigenvalue weighted by molar-refractivity contribution is 9.12. The van der Waals surface area contributed by atoms with Gasteiger partial charge in [-0.05, 0) is 12.8 Å². The van der Waals surface area contributed by atoms with Crippen molar-refractivity contribution in [3.8, 4) is 0 Å². The van der Waals surface area contributed by atoms with Crippen LogP contribution in [0.4, 0.5) is 0 Å². The normalized spacial score (nSPS) is 17.3. The van der Waals surface area contributed by atoms with Gasteiger partial charge in [0.05, 0.1) is 5.88 Å². The lowest BCUT2D eigenvalue weighted by atomic mass is 10.2. The van der Waals surface area contributed by atoms with Crippen molar-refractivity contribution in [2.45, 2.75) is 29.4 Å². The van der Waals surface area contributed by atoms with E-state index in [2.05, 4.69) is 38.8 Å². The molecule has 0 saturated carbocycles. The zero-order valence-electron chi connectivity index (χ0n) is 5.28. The van der Waals surface area contributed by atoms with E-state index in [-0.39, 0.29) is 0 Å². The molecule has 0 rings (SSSR count). The largest absolute Gasteiger partial charge is 0.121 e. The second-order valence-corrected chi connectivity index (χ2v) is 4.49. The zero-order valence-corrected chi connectivity index (χ0v) is 9.21. The first-order chi connectivity index (χ1) is 4.22. The van der Waals surface area contributed by atoms with Gasteiger partial charge in [0.15, 0.2) is 0 Å². The summed E-state index contributed by atoms with van der Waals surface area (Å²) in [6.45, 7) is 2.14. The molecular formula is C6H10Br2Cl. The van der Waals surface area contributed by atoms with Gasteiger partial charge in [0.2, 0.25) is 0 Å². The summed E-state index contributed by atoms with van der Waals surface area (Å²) in [5.41, 5.74) is 0. The molecule has 3 heteroatoms. The van der Waals surface area contributed by atoms with Gasteiger partial charge < -0.3 is 0 Å². The maximum absolute atomic E-state index is 5.42. The molecule has 0 bridgehead atoms. The number of halogens is 3. The number of hydrogen-bond acceptors (Lipinski definition) is 0. The van der Waals surface area contributed by atoms with Crippen LogP contribution in [0.15, 0.2) is 0 Å². The number of alkyl halides is 2. The van der Waals surface area contributed by atoms with E-state index in [4.69, 9.17) is 11.6 Å². The predicted octanol–water partition coefficient (Wildman–Crippen LogP) is 3.71. The number of rotatable bonds is 4. The van der Waals surface area contributed by atoms with E-state index in [0.717, 1.165) is 12.8 Å². The van der Waals surface area contributed by atoms with E-state index in [1.165, 1.54) is 0 Å². The molecule has 0 heterocycles. The average molecular weight is 277 g/mol. The minimum absolute atomic E-state index is 0.472. The van der Waals surface area contributed by atoms with Crippen LogP contribution in [0.3, 0.4) is 0 Å². The SMILES string of the molecule is CCC(Br)C(Br)C[CH]Cl. The summed E-state index contributed by atoms with van der Waals surface area (Å²) in [6, 6.07) is 0. The van der Waals surface area contributed by atoms with Crippen molar-refractivity contribution in [1.29, 1.82) is 0 Å². The van der Waals surface area contributed by atoms with Crippen LogP contribution in [0, 0.1) is 5.88 Å². The highest BCUT2D eigenvalue weighted by Gasteiger charge is 2.11. The molecule has 0 spiro atoms. The third-order valence-electron chi connectivity index (χ3n) is 1.10. The molecule has 1 radical (unpaired) electrons. The Morgan fingerprint density at radius 2 is 2.00 bits per heavy atom. The second kappa shape index (κ2) is 5.99. The molecule has 0 fully saturated rings. The zero-order chi connectivity index (χ0) is 7.28. The molecule has 0 aliphatic carbocycles. The Morgan fingerprint density at radius 1 is 1.44 bits per heavy atom. The van der Waals surface area contributed by atoms with Gasteiger partial charge in [0.1, 0.15) is 0 Å². The fraction of sp³-hybridized carbons (Fsp3) is 0.833. The fourth-order valence-electron chi connectivity index (χ4n) is 0.489. The molecule has 9 heavy (non-hydrogen) atoms. The third kappa shape index (κ3) is 4.63. The molecule has 0 amide bonds. The average Bonchev–Trinajstić information content (AvgIpc) is 1.87. The minimum Gasteiger partial charge on any atom is -0.121 e. The Balaban J connectivity index is 3.32. The highest BCUT2D eigenvalue weighted by atomic mass is 79.9. The van der Waals surface area contributed by atoms with Crippen molar-refractivity contribution < 1.29 is 0 Å². The molecule has 2 atom stereocenters. The molecule has 0 saturated heterocycles. The van der Waals surface area contributed by atoms with Crippen LogP contribution >= 0.6 is 43.5 Å². The van der Waals surface area contributed by atoms with Gasteiger partial charge in [-0.2, -0.15) is 0 Å². The molecule has 0 nitrogen and oxygen atoms in total. The van der Waals surface area contributed by atoms with E-state index in [0.29, 0.717) is 9.65 Å². The maximum atomic E-state index is 5.42. The standard InChI is InChI=1S/C6H10Br2Cl/c1-2-5(7)6(8)3-4-9/h4-6H,2-3H2,1H3. The van der Waals surface area contributed by atoms with Gasteiger partial charge in [0, 0.05) is 9.65 Å². The minimum atomic E-state index is 0.472. The van der Waals surface area contributed by atoms with Crippen LogP contribution in [-0.2, 0) is 0 Å². The summed E-state index contributed by atoms with van der Waals surface area (Å²) >= 11 is 12.4. The van der Waals surface area contributed by atoms with E-state index >= 15 is 0 Å². The Morgan fingerprint density at radius 3 is 2.33 bits per heavy atom. The quantitative estimate of drug-likeness (QED) is 0.687. The van der Waals surface area contributed by atoms with Crippen LogP contribution < -0.4 is 0 Å². The molecule has 0 aliphatic rings. The van der Waals surface area contributed by atoms with Crippen molar-refractivity contribution in [1.82, 2.24) is 0 Å².